The van der Waals surface area contributed by atoms with Crippen LogP contribution in [0.15, 0.2) is 42.5 Å². The van der Waals surface area contributed by atoms with Crippen LogP contribution in [0, 0.1) is 5.82 Å². The second kappa shape index (κ2) is 10.1. The molecule has 1 atom stereocenters. The summed E-state index contributed by atoms with van der Waals surface area (Å²) in [4.78, 5) is 23.2. The van der Waals surface area contributed by atoms with Crippen LogP contribution >= 0.6 is 11.6 Å². The summed E-state index contributed by atoms with van der Waals surface area (Å²) < 4.78 is 24.4. The van der Waals surface area contributed by atoms with Crippen LogP contribution < -0.4 is 5.32 Å². The molecule has 0 aliphatic carbocycles. The van der Waals surface area contributed by atoms with E-state index in [1.165, 1.54) is 18.2 Å². The van der Waals surface area contributed by atoms with Crippen LogP contribution in [0.2, 0.25) is 5.02 Å². The van der Waals surface area contributed by atoms with E-state index in [1.807, 2.05) is 0 Å². The van der Waals surface area contributed by atoms with Gasteiger partial charge in [-0.05, 0) is 49.7 Å². The van der Waals surface area contributed by atoms with E-state index in [0.29, 0.717) is 16.3 Å². The molecule has 0 aromatic heterocycles. The number of anilines is 1. The van der Waals surface area contributed by atoms with Crippen molar-refractivity contribution in [2.75, 3.05) is 5.32 Å². The SMILES string of the molecule is CC(C)OC(Cc1ccc(F)c(COC(=O)Nc2cccc(Cl)c2)c1)C(=O)O. The zero-order valence-corrected chi connectivity index (χ0v) is 16.2. The minimum atomic E-state index is -1.10. The number of aliphatic carboxylic acids is 1. The fourth-order valence-corrected chi connectivity index (χ4v) is 2.66. The maximum atomic E-state index is 14.0. The molecule has 28 heavy (non-hydrogen) atoms. The van der Waals surface area contributed by atoms with Gasteiger partial charge in [0.25, 0.3) is 0 Å². The molecule has 150 valence electrons. The second-order valence-electron chi connectivity index (χ2n) is 6.35. The lowest BCUT2D eigenvalue weighted by molar-refractivity contribution is -0.153. The van der Waals surface area contributed by atoms with Gasteiger partial charge in [-0.3, -0.25) is 5.32 Å². The number of carbonyl (C=O) groups is 2. The number of benzene rings is 2. The van der Waals surface area contributed by atoms with Crippen LogP contribution in [-0.4, -0.2) is 29.4 Å². The van der Waals surface area contributed by atoms with Gasteiger partial charge in [-0.15, -0.1) is 0 Å². The number of halogens is 2. The molecule has 0 saturated carbocycles. The highest BCUT2D eigenvalue weighted by Gasteiger charge is 2.21. The van der Waals surface area contributed by atoms with Gasteiger partial charge in [-0.25, -0.2) is 14.0 Å². The molecule has 6 nitrogen and oxygen atoms in total. The van der Waals surface area contributed by atoms with E-state index in [4.69, 9.17) is 21.1 Å². The normalized spacial score (nSPS) is 11.9. The maximum absolute atomic E-state index is 14.0. The summed E-state index contributed by atoms with van der Waals surface area (Å²) in [5, 5.41) is 12.2. The fourth-order valence-electron chi connectivity index (χ4n) is 2.47. The molecule has 0 heterocycles. The number of carboxylic acids is 1. The zero-order chi connectivity index (χ0) is 20.7. The molecule has 0 bridgehead atoms. The van der Waals surface area contributed by atoms with Gasteiger partial charge in [0, 0.05) is 22.7 Å². The number of amides is 1. The number of ether oxygens (including phenoxy) is 2. The van der Waals surface area contributed by atoms with Crippen molar-refractivity contribution in [3.05, 3.63) is 64.4 Å². The summed E-state index contributed by atoms with van der Waals surface area (Å²) in [7, 11) is 0. The average Bonchev–Trinajstić information content (AvgIpc) is 2.61. The van der Waals surface area contributed by atoms with Crippen LogP contribution in [0.5, 0.6) is 0 Å². The lowest BCUT2D eigenvalue weighted by Gasteiger charge is -2.17. The molecule has 1 amide bonds. The Kier molecular flexibility index (Phi) is 7.78. The van der Waals surface area contributed by atoms with Gasteiger partial charge in [0.15, 0.2) is 6.10 Å². The van der Waals surface area contributed by atoms with Crippen LogP contribution in [-0.2, 0) is 27.3 Å². The van der Waals surface area contributed by atoms with Crippen LogP contribution in [0.1, 0.15) is 25.0 Å². The zero-order valence-electron chi connectivity index (χ0n) is 15.4. The second-order valence-corrected chi connectivity index (χ2v) is 6.79. The Morgan fingerprint density at radius 3 is 2.61 bits per heavy atom. The Morgan fingerprint density at radius 1 is 1.21 bits per heavy atom. The van der Waals surface area contributed by atoms with Crippen LogP contribution in [0.25, 0.3) is 0 Å². The minimum absolute atomic E-state index is 0.0650. The molecule has 0 aliphatic rings. The Bertz CT molecular complexity index is 843. The van der Waals surface area contributed by atoms with Crippen molar-refractivity contribution < 1.29 is 28.6 Å². The molecule has 0 saturated heterocycles. The highest BCUT2D eigenvalue weighted by Crippen LogP contribution is 2.17. The van der Waals surface area contributed by atoms with E-state index >= 15 is 0 Å². The van der Waals surface area contributed by atoms with E-state index in [9.17, 15) is 19.1 Å². The highest BCUT2D eigenvalue weighted by atomic mass is 35.5. The lowest BCUT2D eigenvalue weighted by Crippen LogP contribution is -2.29. The standard InChI is InChI=1S/C20H21ClFNO5/c1-12(2)28-18(19(24)25)9-13-6-7-17(22)14(8-13)11-27-20(26)23-16-5-3-4-15(21)10-16/h3-8,10,12,18H,9,11H2,1-2H3,(H,23,26)(H,24,25). The van der Waals surface area contributed by atoms with Crippen molar-refractivity contribution in [2.45, 2.75) is 39.1 Å². The maximum Gasteiger partial charge on any atom is 0.411 e. The summed E-state index contributed by atoms with van der Waals surface area (Å²) in [5.41, 5.74) is 1.14. The Balaban J connectivity index is 2.00. The van der Waals surface area contributed by atoms with E-state index in [2.05, 4.69) is 5.32 Å². The summed E-state index contributed by atoms with van der Waals surface area (Å²) in [6.07, 6.45) is -2.02. The van der Waals surface area contributed by atoms with Crippen molar-refractivity contribution >= 4 is 29.4 Å². The summed E-state index contributed by atoms with van der Waals surface area (Å²) in [6, 6.07) is 10.6. The molecular weight excluding hydrogens is 389 g/mol. The smallest absolute Gasteiger partial charge is 0.411 e. The van der Waals surface area contributed by atoms with Gasteiger partial charge in [-0.2, -0.15) is 0 Å². The van der Waals surface area contributed by atoms with Gasteiger partial charge >= 0.3 is 12.1 Å². The Hall–Kier alpha value is -2.64. The third-order valence-corrected chi connectivity index (χ3v) is 3.91. The molecular formula is C20H21ClFNO5. The molecule has 0 spiro atoms. The number of nitrogens with one attached hydrogen (secondary N) is 1. The summed E-state index contributed by atoms with van der Waals surface area (Å²) in [5.74, 6) is -1.66. The van der Waals surface area contributed by atoms with Gasteiger partial charge in [0.05, 0.1) is 6.10 Å². The number of hydrogen-bond donors (Lipinski definition) is 2. The molecule has 2 N–H and O–H groups in total. The van der Waals surface area contributed by atoms with Gasteiger partial charge < -0.3 is 14.6 Å². The summed E-state index contributed by atoms with van der Waals surface area (Å²) in [6.45, 7) is 3.16. The Morgan fingerprint density at radius 2 is 1.96 bits per heavy atom. The van der Waals surface area contributed by atoms with E-state index in [-0.39, 0.29) is 24.7 Å². The number of hydrogen-bond acceptors (Lipinski definition) is 4. The van der Waals surface area contributed by atoms with Crippen molar-refractivity contribution in [1.29, 1.82) is 0 Å². The first-order valence-corrected chi connectivity index (χ1v) is 8.97. The quantitative estimate of drug-likeness (QED) is 0.663. The number of rotatable bonds is 8. The summed E-state index contributed by atoms with van der Waals surface area (Å²) >= 11 is 5.84. The minimum Gasteiger partial charge on any atom is -0.479 e. The van der Waals surface area contributed by atoms with Crippen LogP contribution in [0.4, 0.5) is 14.9 Å². The molecule has 8 heteroatoms. The molecule has 0 radical (unpaired) electrons. The van der Waals surface area contributed by atoms with E-state index in [1.54, 1.807) is 38.1 Å². The van der Waals surface area contributed by atoms with Crippen molar-refractivity contribution in [2.24, 2.45) is 0 Å². The van der Waals surface area contributed by atoms with Gasteiger partial charge in [0.2, 0.25) is 0 Å². The molecule has 2 aromatic carbocycles. The average molecular weight is 410 g/mol. The van der Waals surface area contributed by atoms with E-state index in [0.717, 1.165) is 0 Å². The Labute approximate surface area is 167 Å². The van der Waals surface area contributed by atoms with Gasteiger partial charge in [0.1, 0.15) is 12.4 Å². The predicted molar refractivity (Wildman–Crippen MR) is 103 cm³/mol. The van der Waals surface area contributed by atoms with E-state index < -0.39 is 24.0 Å². The topological polar surface area (TPSA) is 84.9 Å². The van der Waals surface area contributed by atoms with Crippen molar-refractivity contribution in [3.63, 3.8) is 0 Å². The predicted octanol–water partition coefficient (Wildman–Crippen LogP) is 4.65. The largest absolute Gasteiger partial charge is 0.479 e. The third kappa shape index (κ3) is 6.83. The first kappa shape index (κ1) is 21.7. The lowest BCUT2D eigenvalue weighted by atomic mass is 10.0. The first-order valence-electron chi connectivity index (χ1n) is 8.59. The van der Waals surface area contributed by atoms with Crippen molar-refractivity contribution in [1.82, 2.24) is 0 Å². The highest BCUT2D eigenvalue weighted by molar-refractivity contribution is 6.30. The molecule has 0 aliphatic heterocycles. The fraction of sp³-hybridized carbons (Fsp3) is 0.300. The monoisotopic (exact) mass is 409 g/mol. The van der Waals surface area contributed by atoms with Gasteiger partial charge in [-0.1, -0.05) is 23.7 Å². The molecule has 2 aromatic rings. The third-order valence-electron chi connectivity index (χ3n) is 3.67. The molecule has 2 rings (SSSR count). The first-order chi connectivity index (χ1) is 13.2. The number of carboxylic acid groups (broad SMARTS) is 1. The molecule has 1 unspecified atom stereocenters. The van der Waals surface area contributed by atoms with Crippen molar-refractivity contribution in [3.8, 4) is 0 Å². The van der Waals surface area contributed by atoms with Crippen LogP contribution in [0.3, 0.4) is 0 Å². The number of carbonyl (C=O) groups excluding carboxylic acids is 1. The molecule has 0 fully saturated rings.